The molecule has 1 aromatic rings. The van der Waals surface area contributed by atoms with Gasteiger partial charge in [0.25, 0.3) is 0 Å². The second-order valence-corrected chi connectivity index (χ2v) is 5.16. The highest BCUT2D eigenvalue weighted by Gasteiger charge is 2.33. The number of amides is 1. The van der Waals surface area contributed by atoms with Crippen molar-refractivity contribution in [2.45, 2.75) is 26.3 Å². The first-order chi connectivity index (χ1) is 9.10. The number of para-hydroxylation sites is 1. The second-order valence-electron chi connectivity index (χ2n) is 5.16. The van der Waals surface area contributed by atoms with E-state index in [2.05, 4.69) is 32.0 Å². The molecule has 1 aliphatic heterocycles. The molecule has 0 aromatic heterocycles. The van der Waals surface area contributed by atoms with Gasteiger partial charge in [-0.05, 0) is 31.5 Å². The Morgan fingerprint density at radius 1 is 1.37 bits per heavy atom. The lowest BCUT2D eigenvalue weighted by Gasteiger charge is -2.39. The van der Waals surface area contributed by atoms with E-state index in [4.69, 9.17) is 5.73 Å². The summed E-state index contributed by atoms with van der Waals surface area (Å²) < 4.78 is 0. The van der Waals surface area contributed by atoms with Gasteiger partial charge < -0.3 is 10.6 Å². The minimum Gasteiger partial charge on any atom is -0.328 e. The number of piperazine rings is 1. The van der Waals surface area contributed by atoms with Gasteiger partial charge in [0.2, 0.25) is 5.91 Å². The van der Waals surface area contributed by atoms with E-state index in [9.17, 15) is 4.79 Å². The van der Waals surface area contributed by atoms with E-state index in [-0.39, 0.29) is 11.9 Å². The lowest BCUT2D eigenvalue weighted by Crippen LogP contribution is -2.58. The molecule has 1 aliphatic rings. The number of carbonyl (C=O) groups excluding carboxylic acids is 1. The van der Waals surface area contributed by atoms with Crippen LogP contribution in [0.5, 0.6) is 0 Å². The maximum Gasteiger partial charge on any atom is 0.245 e. The Bertz CT molecular complexity index is 472. The fourth-order valence-corrected chi connectivity index (χ4v) is 2.79. The van der Waals surface area contributed by atoms with E-state index in [0.29, 0.717) is 6.54 Å². The number of carbonyl (C=O) groups is 1. The molecule has 1 aromatic carbocycles. The summed E-state index contributed by atoms with van der Waals surface area (Å²) in [7, 11) is 1.96. The zero-order chi connectivity index (χ0) is 14.0. The first-order valence-electron chi connectivity index (χ1n) is 6.90. The summed E-state index contributed by atoms with van der Waals surface area (Å²) in [5.74, 6) is 0.125. The Morgan fingerprint density at radius 3 is 2.74 bits per heavy atom. The van der Waals surface area contributed by atoms with Gasteiger partial charge in [-0.15, -0.1) is 0 Å². The van der Waals surface area contributed by atoms with Crippen LogP contribution >= 0.6 is 0 Å². The van der Waals surface area contributed by atoms with Crippen molar-refractivity contribution in [2.24, 2.45) is 5.73 Å². The Morgan fingerprint density at radius 2 is 2.11 bits per heavy atom. The number of hydrogen-bond acceptors (Lipinski definition) is 3. The van der Waals surface area contributed by atoms with Crippen molar-refractivity contribution in [3.63, 3.8) is 0 Å². The van der Waals surface area contributed by atoms with Crippen molar-refractivity contribution < 1.29 is 4.79 Å². The molecule has 0 bridgehead atoms. The molecule has 2 N–H and O–H groups in total. The quantitative estimate of drug-likeness (QED) is 0.888. The third-order valence-electron chi connectivity index (χ3n) is 3.95. The van der Waals surface area contributed by atoms with Gasteiger partial charge in [0.1, 0.15) is 6.04 Å². The van der Waals surface area contributed by atoms with E-state index in [0.717, 1.165) is 30.8 Å². The summed E-state index contributed by atoms with van der Waals surface area (Å²) >= 11 is 0. The van der Waals surface area contributed by atoms with Gasteiger partial charge >= 0.3 is 0 Å². The van der Waals surface area contributed by atoms with Crippen LogP contribution in [0.15, 0.2) is 18.2 Å². The average molecular weight is 261 g/mol. The van der Waals surface area contributed by atoms with Gasteiger partial charge in [-0.1, -0.05) is 25.1 Å². The maximum absolute atomic E-state index is 12.6. The molecule has 1 fully saturated rings. The van der Waals surface area contributed by atoms with Crippen molar-refractivity contribution in [3.05, 3.63) is 29.3 Å². The van der Waals surface area contributed by atoms with Crippen molar-refractivity contribution in [2.75, 3.05) is 31.6 Å². The molecule has 1 atom stereocenters. The van der Waals surface area contributed by atoms with Crippen LogP contribution in [0.3, 0.4) is 0 Å². The summed E-state index contributed by atoms with van der Waals surface area (Å²) in [6, 6.07) is 6.03. The second kappa shape index (κ2) is 5.72. The highest BCUT2D eigenvalue weighted by molar-refractivity contribution is 5.99. The molecule has 0 saturated carbocycles. The number of hydrogen-bond donors (Lipinski definition) is 1. The zero-order valence-electron chi connectivity index (χ0n) is 12.0. The number of benzene rings is 1. The topological polar surface area (TPSA) is 49.6 Å². The molecular formula is C15H23N3O. The van der Waals surface area contributed by atoms with Crippen LogP contribution in [0, 0.1) is 6.92 Å². The SMILES string of the molecule is CCc1cccc(C)c1N1CCN(C)C(CN)C1=O. The Balaban J connectivity index is 2.39. The van der Waals surface area contributed by atoms with Gasteiger partial charge in [0.15, 0.2) is 0 Å². The van der Waals surface area contributed by atoms with Crippen molar-refractivity contribution in [1.82, 2.24) is 4.90 Å². The van der Waals surface area contributed by atoms with Crippen molar-refractivity contribution in [1.29, 1.82) is 0 Å². The highest BCUT2D eigenvalue weighted by Crippen LogP contribution is 2.28. The van der Waals surface area contributed by atoms with Gasteiger partial charge in [-0.2, -0.15) is 0 Å². The minimum atomic E-state index is -0.196. The normalized spacial score (nSPS) is 20.9. The molecule has 0 radical (unpaired) electrons. The largest absolute Gasteiger partial charge is 0.328 e. The van der Waals surface area contributed by atoms with Crippen LogP contribution in [0.25, 0.3) is 0 Å². The molecule has 1 amide bonds. The molecule has 104 valence electrons. The van der Waals surface area contributed by atoms with Crippen LogP contribution in [-0.4, -0.2) is 43.5 Å². The van der Waals surface area contributed by atoms with E-state index in [1.807, 2.05) is 16.8 Å². The molecule has 2 rings (SSSR count). The lowest BCUT2D eigenvalue weighted by atomic mass is 10.0. The van der Waals surface area contributed by atoms with Gasteiger partial charge in [-0.3, -0.25) is 9.69 Å². The smallest absolute Gasteiger partial charge is 0.245 e. The Hall–Kier alpha value is -1.39. The predicted molar refractivity (Wildman–Crippen MR) is 78.4 cm³/mol. The summed E-state index contributed by atoms with van der Waals surface area (Å²) in [6.07, 6.45) is 0.934. The fourth-order valence-electron chi connectivity index (χ4n) is 2.79. The lowest BCUT2D eigenvalue weighted by molar-refractivity contribution is -0.124. The first kappa shape index (κ1) is 14.0. The summed E-state index contributed by atoms with van der Waals surface area (Å²) in [4.78, 5) is 16.6. The number of nitrogens with zero attached hydrogens (tertiary/aromatic N) is 2. The van der Waals surface area contributed by atoms with Crippen LogP contribution in [-0.2, 0) is 11.2 Å². The van der Waals surface area contributed by atoms with Crippen LogP contribution in [0.1, 0.15) is 18.1 Å². The molecule has 0 aliphatic carbocycles. The third-order valence-corrected chi connectivity index (χ3v) is 3.95. The predicted octanol–water partition coefficient (Wildman–Crippen LogP) is 1.16. The molecule has 4 nitrogen and oxygen atoms in total. The fraction of sp³-hybridized carbons (Fsp3) is 0.533. The Kier molecular flexibility index (Phi) is 4.22. The number of rotatable bonds is 3. The van der Waals surface area contributed by atoms with Crippen molar-refractivity contribution in [3.8, 4) is 0 Å². The van der Waals surface area contributed by atoms with E-state index < -0.39 is 0 Å². The van der Waals surface area contributed by atoms with E-state index in [1.54, 1.807) is 0 Å². The third kappa shape index (κ3) is 2.51. The average Bonchev–Trinajstić information content (AvgIpc) is 2.40. The highest BCUT2D eigenvalue weighted by atomic mass is 16.2. The number of anilines is 1. The van der Waals surface area contributed by atoms with Gasteiger partial charge in [0, 0.05) is 25.3 Å². The maximum atomic E-state index is 12.6. The molecule has 0 spiro atoms. The number of aryl methyl sites for hydroxylation is 2. The van der Waals surface area contributed by atoms with Crippen LogP contribution < -0.4 is 10.6 Å². The molecule has 4 heteroatoms. The van der Waals surface area contributed by atoms with Crippen molar-refractivity contribution >= 4 is 11.6 Å². The van der Waals surface area contributed by atoms with E-state index >= 15 is 0 Å². The molecule has 1 saturated heterocycles. The minimum absolute atomic E-state index is 0.125. The van der Waals surface area contributed by atoms with Gasteiger partial charge in [-0.25, -0.2) is 0 Å². The van der Waals surface area contributed by atoms with Crippen LogP contribution in [0.4, 0.5) is 5.69 Å². The number of likely N-dealkylation sites (N-methyl/N-ethyl adjacent to an activating group) is 1. The standard InChI is InChI=1S/C15H23N3O/c1-4-12-7-5-6-11(2)14(12)18-9-8-17(3)13(10-16)15(18)19/h5-7,13H,4,8-10,16H2,1-3H3. The monoisotopic (exact) mass is 261 g/mol. The van der Waals surface area contributed by atoms with Crippen LogP contribution in [0.2, 0.25) is 0 Å². The Labute approximate surface area is 115 Å². The summed E-state index contributed by atoms with van der Waals surface area (Å²) in [5.41, 5.74) is 9.22. The number of nitrogens with two attached hydrogens (primary N) is 1. The molecule has 1 unspecified atom stereocenters. The molecule has 19 heavy (non-hydrogen) atoms. The summed E-state index contributed by atoms with van der Waals surface area (Å²) in [5, 5.41) is 0. The first-order valence-corrected chi connectivity index (χ1v) is 6.90. The summed E-state index contributed by atoms with van der Waals surface area (Å²) in [6.45, 7) is 6.17. The van der Waals surface area contributed by atoms with Gasteiger partial charge in [0.05, 0.1) is 0 Å². The zero-order valence-corrected chi connectivity index (χ0v) is 12.0. The molecular weight excluding hydrogens is 238 g/mol. The van der Waals surface area contributed by atoms with E-state index in [1.165, 1.54) is 5.56 Å². The molecule has 1 heterocycles.